The fraction of sp³-hybridized carbons (Fsp3) is 0.483. The number of carbonyl (C=O) groups is 2. The minimum atomic E-state index is -3.65. The van der Waals surface area contributed by atoms with Crippen molar-refractivity contribution in [3.63, 3.8) is 0 Å². The van der Waals surface area contributed by atoms with Gasteiger partial charge in [0.2, 0.25) is 0 Å². The third kappa shape index (κ3) is 6.22. The molecular formula is C29H33F3N6O4S. The number of nitrogens with zero attached hydrogens (tertiary/aromatic N) is 4. The number of aromatic nitrogens is 2. The number of ether oxygens (including phenoxy) is 1. The number of anilines is 1. The molecule has 10 nitrogen and oxygen atoms in total. The zero-order valence-electron chi connectivity index (χ0n) is 24.8. The molecule has 14 heteroatoms. The van der Waals surface area contributed by atoms with Gasteiger partial charge in [0, 0.05) is 18.2 Å². The van der Waals surface area contributed by atoms with Gasteiger partial charge < -0.3 is 10.1 Å². The third-order valence-electron chi connectivity index (χ3n) is 7.08. The molecule has 0 aliphatic carbocycles. The van der Waals surface area contributed by atoms with Gasteiger partial charge in [-0.3, -0.25) is 15.1 Å². The summed E-state index contributed by atoms with van der Waals surface area (Å²) in [6, 6.07) is 5.23. The maximum absolute atomic E-state index is 15.6. The molecule has 2 N–H and O–H groups in total. The van der Waals surface area contributed by atoms with Gasteiger partial charge in [-0.2, -0.15) is 0 Å². The lowest BCUT2D eigenvalue weighted by Crippen LogP contribution is -2.64. The second-order valence-corrected chi connectivity index (χ2v) is 14.9. The van der Waals surface area contributed by atoms with E-state index < -0.39 is 73.3 Å². The molecule has 2 aromatic rings. The van der Waals surface area contributed by atoms with E-state index in [9.17, 15) is 22.6 Å². The number of fused-ring (bicyclic) bond motifs is 1. The Kier molecular flexibility index (Phi) is 8.12. The van der Waals surface area contributed by atoms with Crippen LogP contribution in [-0.4, -0.2) is 60.1 Å². The Morgan fingerprint density at radius 3 is 2.42 bits per heavy atom. The highest BCUT2D eigenvalue weighted by atomic mass is 32.2. The highest BCUT2D eigenvalue weighted by molar-refractivity contribution is 7.96. The molecule has 230 valence electrons. The molecule has 4 heterocycles. The van der Waals surface area contributed by atoms with E-state index in [0.29, 0.717) is 5.56 Å². The van der Waals surface area contributed by atoms with Gasteiger partial charge in [0.05, 0.1) is 15.0 Å². The summed E-state index contributed by atoms with van der Waals surface area (Å²) in [5.41, 5.74) is -2.74. The summed E-state index contributed by atoms with van der Waals surface area (Å²) in [6.07, 6.45) is -0.438. The molecule has 2 amide bonds. The van der Waals surface area contributed by atoms with Crippen LogP contribution in [0.25, 0.3) is 0 Å². The number of nitrogens with one attached hydrogen (secondary N) is 2. The van der Waals surface area contributed by atoms with Crippen LogP contribution in [0.5, 0.6) is 0 Å². The second-order valence-electron chi connectivity index (χ2n) is 11.9. The lowest BCUT2D eigenvalue weighted by molar-refractivity contribution is -0.00694. The summed E-state index contributed by atoms with van der Waals surface area (Å²) in [6.45, 7) is 9.82. The minimum Gasteiger partial charge on any atom is -0.444 e. The Morgan fingerprint density at radius 2 is 1.81 bits per heavy atom. The molecule has 3 atom stereocenters. The lowest BCUT2D eigenvalue weighted by Gasteiger charge is -2.49. The zero-order valence-corrected chi connectivity index (χ0v) is 25.7. The highest BCUT2D eigenvalue weighted by Crippen LogP contribution is 2.50. The van der Waals surface area contributed by atoms with E-state index in [1.54, 1.807) is 33.8 Å². The van der Waals surface area contributed by atoms with Crippen LogP contribution in [0.3, 0.4) is 0 Å². The third-order valence-corrected chi connectivity index (χ3v) is 10.6. The summed E-state index contributed by atoms with van der Waals surface area (Å²) in [5.74, 6) is 0.250. The van der Waals surface area contributed by atoms with Crippen molar-refractivity contribution < 1.29 is 31.7 Å². The molecule has 0 spiro atoms. The molecule has 0 unspecified atom stereocenters. The van der Waals surface area contributed by atoms with Crippen molar-refractivity contribution in [2.45, 2.75) is 81.9 Å². The molecule has 0 saturated heterocycles. The summed E-state index contributed by atoms with van der Waals surface area (Å²) in [7, 11) is -3.65. The first-order chi connectivity index (χ1) is 19.8. The molecule has 4 rings (SSSR count). The fourth-order valence-electron chi connectivity index (χ4n) is 4.91. The Bertz CT molecular complexity index is 1680. The number of carbonyl (C=O) groups excluding carboxylic acids is 2. The average Bonchev–Trinajstić information content (AvgIpc) is 2.89. The van der Waals surface area contributed by atoms with Crippen LogP contribution >= 0.6 is 0 Å². The van der Waals surface area contributed by atoms with Gasteiger partial charge in [-0.15, -0.1) is 5.92 Å². The monoisotopic (exact) mass is 618 g/mol. The molecule has 0 radical (unpaired) electrons. The van der Waals surface area contributed by atoms with Gasteiger partial charge in [-0.05, 0) is 72.7 Å². The Morgan fingerprint density at radius 1 is 1.12 bits per heavy atom. The first-order valence-corrected chi connectivity index (χ1v) is 15.0. The van der Waals surface area contributed by atoms with E-state index in [4.69, 9.17) is 4.74 Å². The molecule has 0 saturated carbocycles. The normalized spacial score (nSPS) is 25.5. The summed E-state index contributed by atoms with van der Waals surface area (Å²) >= 11 is 0. The molecule has 2 aliphatic heterocycles. The molecule has 43 heavy (non-hydrogen) atoms. The maximum Gasteiger partial charge on any atom is 0.413 e. The number of halogens is 3. The largest absolute Gasteiger partial charge is 0.444 e. The van der Waals surface area contributed by atoms with Crippen LogP contribution in [0.2, 0.25) is 0 Å². The van der Waals surface area contributed by atoms with Crippen LogP contribution in [0.15, 0.2) is 39.8 Å². The van der Waals surface area contributed by atoms with Crippen molar-refractivity contribution in [1.82, 2.24) is 15.3 Å². The van der Waals surface area contributed by atoms with Crippen molar-refractivity contribution in [2.75, 3.05) is 11.9 Å². The fourth-order valence-corrected chi connectivity index (χ4v) is 8.14. The first kappa shape index (κ1) is 31.9. The number of rotatable bonds is 3. The van der Waals surface area contributed by atoms with Gasteiger partial charge in [0.25, 0.3) is 11.8 Å². The number of pyridine rings is 2. The van der Waals surface area contributed by atoms with Crippen molar-refractivity contribution >= 4 is 33.4 Å². The highest BCUT2D eigenvalue weighted by Gasteiger charge is 2.61. The Hall–Kier alpha value is -3.99. The molecule has 2 aromatic heterocycles. The smallest absolute Gasteiger partial charge is 0.413 e. The quantitative estimate of drug-likeness (QED) is 0.463. The van der Waals surface area contributed by atoms with E-state index in [-0.39, 0.29) is 17.3 Å². The maximum atomic E-state index is 15.6. The molecule has 0 fully saturated rings. The van der Waals surface area contributed by atoms with Crippen molar-refractivity contribution in [3.8, 4) is 11.8 Å². The SMILES string of the molecule is CC#Cc1ccc(C(=O)Nc2ccc(F)c([C@@]3(C)N=C(NC(=O)OC(C)(C)C)C(C)(C)[S@@]4(=O)=NCC(F)(F)C[C@H]34)n2)nc1. The molecular weight excluding hydrogens is 585 g/mol. The predicted molar refractivity (Wildman–Crippen MR) is 156 cm³/mol. The number of alkyl halides is 2. The summed E-state index contributed by atoms with van der Waals surface area (Å²) < 4.78 is 67.6. The van der Waals surface area contributed by atoms with Crippen molar-refractivity contribution in [3.05, 3.63) is 53.2 Å². The molecule has 2 aliphatic rings. The van der Waals surface area contributed by atoms with E-state index in [2.05, 4.69) is 41.8 Å². The number of hydrogen-bond acceptors (Lipinski definition) is 8. The zero-order chi connectivity index (χ0) is 32.0. The van der Waals surface area contributed by atoms with Crippen molar-refractivity contribution in [2.24, 2.45) is 9.36 Å². The second kappa shape index (κ2) is 10.9. The number of amidine groups is 1. The number of alkyl carbamates (subject to hydrolysis) is 1. The van der Waals surface area contributed by atoms with Crippen LogP contribution in [0, 0.1) is 17.7 Å². The summed E-state index contributed by atoms with van der Waals surface area (Å²) in [5, 5.41) is 3.51. The number of aliphatic imine (C=N–C) groups is 1. The van der Waals surface area contributed by atoms with Crippen molar-refractivity contribution in [1.29, 1.82) is 0 Å². The molecule has 0 aromatic carbocycles. The number of amides is 2. The summed E-state index contributed by atoms with van der Waals surface area (Å²) in [4.78, 5) is 38.5. The van der Waals surface area contributed by atoms with E-state index >= 15 is 4.39 Å². The Balaban J connectivity index is 1.82. The van der Waals surface area contributed by atoms with Gasteiger partial charge >= 0.3 is 6.09 Å². The molecule has 0 bridgehead atoms. The van der Waals surface area contributed by atoms with E-state index in [0.717, 1.165) is 6.07 Å². The van der Waals surface area contributed by atoms with E-state index in [1.165, 1.54) is 39.1 Å². The standard InChI is InChI=1S/C29H33F3N6O4S/c1-8-9-17-10-12-19(33-15-17)23(39)36-21-13-11-18(30)22(35-21)28(7)20-14-29(31,32)16-34-43(20,41)27(5,6)24(38-28)37-25(40)42-26(2,3)4/h10-13,15,20H,14,16H2,1-7H3,(H,35,36,39)(H,37,38,40)/t20-,28+,43-/m1/s1. The number of hydrogen-bond donors (Lipinski definition) is 2. The predicted octanol–water partition coefficient (Wildman–Crippen LogP) is 5.05. The topological polar surface area (TPSA) is 135 Å². The van der Waals surface area contributed by atoms with Crippen LogP contribution in [-0.2, 0) is 20.0 Å². The van der Waals surface area contributed by atoms with Gasteiger partial charge in [-0.25, -0.2) is 36.5 Å². The van der Waals surface area contributed by atoms with Crippen LogP contribution in [0.1, 0.15) is 76.6 Å². The van der Waals surface area contributed by atoms with Crippen LogP contribution in [0.4, 0.5) is 23.8 Å². The minimum absolute atomic E-state index is 0.0237. The van der Waals surface area contributed by atoms with Gasteiger partial charge in [0.15, 0.2) is 0 Å². The Labute approximate surface area is 248 Å². The average molecular weight is 619 g/mol. The first-order valence-electron chi connectivity index (χ1n) is 13.4. The van der Waals surface area contributed by atoms with Gasteiger partial charge in [0.1, 0.15) is 51.3 Å². The lowest BCUT2D eigenvalue weighted by atomic mass is 9.88. The van der Waals surface area contributed by atoms with Crippen LogP contribution < -0.4 is 10.6 Å². The van der Waals surface area contributed by atoms with Gasteiger partial charge in [-0.1, -0.05) is 5.92 Å². The van der Waals surface area contributed by atoms with E-state index in [1.807, 2.05) is 0 Å².